The van der Waals surface area contributed by atoms with Crippen LogP contribution in [0.1, 0.15) is 32.1 Å². The third-order valence-electron chi connectivity index (χ3n) is 2.63. The molecule has 0 fully saturated rings. The zero-order chi connectivity index (χ0) is 12.4. The van der Waals surface area contributed by atoms with Crippen molar-refractivity contribution in [2.75, 3.05) is 0 Å². The van der Waals surface area contributed by atoms with E-state index in [-0.39, 0.29) is 5.56 Å². The molecule has 0 radical (unpaired) electrons. The van der Waals surface area contributed by atoms with Gasteiger partial charge in [0, 0.05) is 11.4 Å². The van der Waals surface area contributed by atoms with E-state index in [4.69, 9.17) is 0 Å². The molecule has 0 aliphatic rings. The van der Waals surface area contributed by atoms with E-state index in [9.17, 15) is 4.79 Å². The first kappa shape index (κ1) is 12.3. The number of aryl methyl sites for hydroxylation is 1. The first-order valence-electron chi connectivity index (χ1n) is 6.09. The van der Waals surface area contributed by atoms with Gasteiger partial charge in [0.05, 0.1) is 11.7 Å². The van der Waals surface area contributed by atoms with E-state index in [0.29, 0.717) is 5.92 Å². The predicted octanol–water partition coefficient (Wildman–Crippen LogP) is 3.07. The molecule has 3 nitrogen and oxygen atoms in total. The maximum atomic E-state index is 12.2. The van der Waals surface area contributed by atoms with Crippen LogP contribution in [0.25, 0.3) is 10.2 Å². The van der Waals surface area contributed by atoms with Gasteiger partial charge in [-0.25, -0.2) is 4.98 Å². The maximum absolute atomic E-state index is 12.2. The molecule has 92 valence electrons. The highest BCUT2D eigenvalue weighted by Gasteiger charge is 2.09. The van der Waals surface area contributed by atoms with Crippen molar-refractivity contribution in [3.8, 4) is 0 Å². The lowest BCUT2D eigenvalue weighted by Gasteiger charge is -2.07. The van der Waals surface area contributed by atoms with Crippen LogP contribution < -0.4 is 5.56 Å². The molecule has 0 atom stereocenters. The summed E-state index contributed by atoms with van der Waals surface area (Å²) in [6.07, 6.45) is 3.81. The van der Waals surface area contributed by atoms with Crippen LogP contribution in [0.5, 0.6) is 0 Å². The Morgan fingerprint density at radius 1 is 1.47 bits per heavy atom. The van der Waals surface area contributed by atoms with Crippen LogP contribution in [-0.4, -0.2) is 9.55 Å². The number of fused-ring (bicyclic) bond motifs is 1. The van der Waals surface area contributed by atoms with Gasteiger partial charge in [-0.2, -0.15) is 0 Å². The fraction of sp³-hybridized carbons (Fsp3) is 0.538. The smallest absolute Gasteiger partial charge is 0.262 e. The van der Waals surface area contributed by atoms with Crippen LogP contribution in [0.3, 0.4) is 0 Å². The Labute approximate surface area is 105 Å². The van der Waals surface area contributed by atoms with Gasteiger partial charge in [0.2, 0.25) is 0 Å². The standard InChI is InChI=1S/C13H18N2OS/c1-4-5-10-6-11-12(17-10)14-8-15(13(11)16)7-9(2)3/h6,8-9H,4-5,7H2,1-3H3. The highest BCUT2D eigenvalue weighted by Crippen LogP contribution is 2.22. The van der Waals surface area contributed by atoms with Crippen LogP contribution in [0.4, 0.5) is 0 Å². The molecule has 0 bridgehead atoms. The Morgan fingerprint density at radius 2 is 2.24 bits per heavy atom. The monoisotopic (exact) mass is 250 g/mol. The average molecular weight is 250 g/mol. The van der Waals surface area contributed by atoms with Gasteiger partial charge in [0.25, 0.3) is 5.56 Å². The minimum Gasteiger partial charge on any atom is -0.298 e. The van der Waals surface area contributed by atoms with Gasteiger partial charge in [0.1, 0.15) is 4.83 Å². The summed E-state index contributed by atoms with van der Waals surface area (Å²) in [5.74, 6) is 0.459. The van der Waals surface area contributed by atoms with Gasteiger partial charge in [-0.05, 0) is 18.4 Å². The summed E-state index contributed by atoms with van der Waals surface area (Å²) < 4.78 is 1.72. The molecule has 2 heterocycles. The lowest BCUT2D eigenvalue weighted by Crippen LogP contribution is -2.22. The molecule has 0 unspecified atom stereocenters. The second-order valence-electron chi connectivity index (χ2n) is 4.78. The van der Waals surface area contributed by atoms with Crippen molar-refractivity contribution in [3.05, 3.63) is 27.6 Å². The molecule has 2 aromatic heterocycles. The largest absolute Gasteiger partial charge is 0.298 e. The summed E-state index contributed by atoms with van der Waals surface area (Å²) in [6, 6.07) is 2.01. The predicted molar refractivity (Wildman–Crippen MR) is 72.7 cm³/mol. The molecule has 4 heteroatoms. The Balaban J connectivity index is 2.47. The number of hydrogen-bond donors (Lipinski definition) is 0. The number of rotatable bonds is 4. The van der Waals surface area contributed by atoms with Crippen molar-refractivity contribution in [1.82, 2.24) is 9.55 Å². The highest BCUT2D eigenvalue weighted by molar-refractivity contribution is 7.18. The van der Waals surface area contributed by atoms with E-state index < -0.39 is 0 Å². The molecule has 0 saturated heterocycles. The lowest BCUT2D eigenvalue weighted by atomic mass is 10.2. The van der Waals surface area contributed by atoms with Gasteiger partial charge in [0.15, 0.2) is 0 Å². The summed E-state index contributed by atoms with van der Waals surface area (Å²) in [5.41, 5.74) is 0.0994. The van der Waals surface area contributed by atoms with E-state index in [1.165, 1.54) is 4.88 Å². The molecule has 0 N–H and O–H groups in total. The minimum atomic E-state index is 0.0994. The second kappa shape index (κ2) is 5.00. The van der Waals surface area contributed by atoms with Gasteiger partial charge in [-0.15, -0.1) is 11.3 Å². The Kier molecular flexibility index (Phi) is 3.62. The second-order valence-corrected chi connectivity index (χ2v) is 5.89. The number of hydrogen-bond acceptors (Lipinski definition) is 3. The summed E-state index contributed by atoms with van der Waals surface area (Å²) in [4.78, 5) is 18.7. The Morgan fingerprint density at radius 3 is 2.88 bits per heavy atom. The van der Waals surface area contributed by atoms with Crippen LogP contribution >= 0.6 is 11.3 Å². The van der Waals surface area contributed by atoms with E-state index in [1.807, 2.05) is 6.07 Å². The van der Waals surface area contributed by atoms with E-state index in [2.05, 4.69) is 25.8 Å². The lowest BCUT2D eigenvalue weighted by molar-refractivity contribution is 0.508. The molecular formula is C13H18N2OS. The highest BCUT2D eigenvalue weighted by atomic mass is 32.1. The molecule has 2 aromatic rings. The molecule has 0 amide bonds. The summed E-state index contributed by atoms with van der Waals surface area (Å²) in [5, 5.41) is 0.779. The first-order valence-corrected chi connectivity index (χ1v) is 6.91. The number of thiophene rings is 1. The number of nitrogens with zero attached hydrogens (tertiary/aromatic N) is 2. The van der Waals surface area contributed by atoms with Crippen LogP contribution in [0, 0.1) is 5.92 Å². The summed E-state index contributed by atoms with van der Waals surface area (Å²) in [7, 11) is 0. The third-order valence-corrected chi connectivity index (χ3v) is 3.73. The van der Waals surface area contributed by atoms with Gasteiger partial charge in [-0.1, -0.05) is 27.2 Å². The van der Waals surface area contributed by atoms with E-state index in [0.717, 1.165) is 29.6 Å². The van der Waals surface area contributed by atoms with Gasteiger partial charge in [-0.3, -0.25) is 9.36 Å². The first-order chi connectivity index (χ1) is 8.11. The SMILES string of the molecule is CCCc1cc2c(=O)n(CC(C)C)cnc2s1. The quantitative estimate of drug-likeness (QED) is 0.836. The van der Waals surface area contributed by atoms with E-state index in [1.54, 1.807) is 22.2 Å². The normalized spacial score (nSPS) is 11.5. The molecule has 2 rings (SSSR count). The fourth-order valence-corrected chi connectivity index (χ4v) is 2.99. The summed E-state index contributed by atoms with van der Waals surface area (Å²) in [6.45, 7) is 7.09. The number of aromatic nitrogens is 2. The molecule has 0 saturated carbocycles. The van der Waals surface area contributed by atoms with Crippen LogP contribution in [0.15, 0.2) is 17.2 Å². The maximum Gasteiger partial charge on any atom is 0.262 e. The molecule has 0 aromatic carbocycles. The molecular weight excluding hydrogens is 232 g/mol. The fourth-order valence-electron chi connectivity index (χ4n) is 1.90. The average Bonchev–Trinajstić information content (AvgIpc) is 2.66. The van der Waals surface area contributed by atoms with Crippen molar-refractivity contribution >= 4 is 21.6 Å². The summed E-state index contributed by atoms with van der Waals surface area (Å²) >= 11 is 1.64. The molecule has 0 aliphatic carbocycles. The zero-order valence-corrected chi connectivity index (χ0v) is 11.4. The topological polar surface area (TPSA) is 34.9 Å². The van der Waals surface area contributed by atoms with Crippen molar-refractivity contribution in [2.45, 2.75) is 40.2 Å². The molecule has 0 spiro atoms. The van der Waals surface area contributed by atoms with Crippen molar-refractivity contribution in [2.24, 2.45) is 5.92 Å². The van der Waals surface area contributed by atoms with Crippen LogP contribution in [0.2, 0.25) is 0 Å². The Hall–Kier alpha value is -1.16. The zero-order valence-electron chi connectivity index (χ0n) is 10.6. The van der Waals surface area contributed by atoms with Crippen LogP contribution in [-0.2, 0) is 13.0 Å². The molecule has 0 aliphatic heterocycles. The van der Waals surface area contributed by atoms with E-state index >= 15 is 0 Å². The molecule has 17 heavy (non-hydrogen) atoms. The minimum absolute atomic E-state index is 0.0994. The van der Waals surface area contributed by atoms with Gasteiger partial charge >= 0.3 is 0 Å². The van der Waals surface area contributed by atoms with Crippen molar-refractivity contribution in [3.63, 3.8) is 0 Å². The Bertz CT molecular complexity index is 568. The van der Waals surface area contributed by atoms with Crippen molar-refractivity contribution in [1.29, 1.82) is 0 Å². The van der Waals surface area contributed by atoms with Gasteiger partial charge < -0.3 is 0 Å². The van der Waals surface area contributed by atoms with Crippen molar-refractivity contribution < 1.29 is 0 Å². The third kappa shape index (κ3) is 2.57.